The number of hydrogen-bond acceptors (Lipinski definition) is 7. The van der Waals surface area contributed by atoms with Crippen molar-refractivity contribution >= 4 is 28.5 Å². The summed E-state index contributed by atoms with van der Waals surface area (Å²) in [6.07, 6.45) is 3.07. The Morgan fingerprint density at radius 2 is 1.86 bits per heavy atom. The third kappa shape index (κ3) is 4.34. The number of aromatic nitrogens is 1. The summed E-state index contributed by atoms with van der Waals surface area (Å²) in [4.78, 5) is 16.6. The van der Waals surface area contributed by atoms with Gasteiger partial charge in [-0.15, -0.1) is 11.3 Å². The maximum atomic E-state index is 12.2. The number of benzene rings is 1. The third-order valence-corrected chi connectivity index (χ3v) is 4.60. The van der Waals surface area contributed by atoms with Crippen LogP contribution in [0.1, 0.15) is 11.3 Å². The van der Waals surface area contributed by atoms with Gasteiger partial charge in [0.25, 0.3) is 0 Å². The number of ether oxygens (including phenoxy) is 3. The number of nitrogens with one attached hydrogen (secondary N) is 1. The van der Waals surface area contributed by atoms with E-state index in [1.807, 2.05) is 24.4 Å². The second kappa shape index (κ2) is 8.62. The molecule has 0 fully saturated rings. The SMILES string of the molecule is COc1cc(/C=C/C(=O)Nc2nc(-c3ccc(C)o3)cs2)cc(OC)c1OC. The van der Waals surface area contributed by atoms with Crippen molar-refractivity contribution in [3.8, 4) is 28.7 Å². The summed E-state index contributed by atoms with van der Waals surface area (Å²) in [5.41, 5.74) is 1.41. The van der Waals surface area contributed by atoms with E-state index < -0.39 is 0 Å². The molecule has 0 atom stereocenters. The largest absolute Gasteiger partial charge is 0.493 e. The van der Waals surface area contributed by atoms with E-state index in [-0.39, 0.29) is 5.91 Å². The normalized spacial score (nSPS) is 10.9. The Bertz CT molecular complexity index is 981. The molecule has 3 rings (SSSR count). The second-order valence-electron chi connectivity index (χ2n) is 5.73. The minimum Gasteiger partial charge on any atom is -0.493 e. The van der Waals surface area contributed by atoms with E-state index in [0.29, 0.717) is 33.8 Å². The number of anilines is 1. The minimum atomic E-state index is -0.301. The molecule has 0 spiro atoms. The van der Waals surface area contributed by atoms with Crippen LogP contribution in [0.5, 0.6) is 17.2 Å². The van der Waals surface area contributed by atoms with E-state index in [1.54, 1.807) is 18.2 Å². The molecule has 3 aromatic rings. The first-order chi connectivity index (χ1) is 13.5. The van der Waals surface area contributed by atoms with Crippen LogP contribution in [0.2, 0.25) is 0 Å². The van der Waals surface area contributed by atoms with Gasteiger partial charge in [0.05, 0.1) is 21.3 Å². The van der Waals surface area contributed by atoms with Gasteiger partial charge in [-0.25, -0.2) is 4.98 Å². The van der Waals surface area contributed by atoms with Gasteiger partial charge in [0.1, 0.15) is 11.5 Å². The lowest BCUT2D eigenvalue weighted by atomic mass is 10.1. The van der Waals surface area contributed by atoms with Crippen molar-refractivity contribution in [3.63, 3.8) is 0 Å². The van der Waals surface area contributed by atoms with E-state index in [1.165, 1.54) is 38.7 Å². The summed E-state index contributed by atoms with van der Waals surface area (Å²) in [6, 6.07) is 7.23. The number of methoxy groups -OCH3 is 3. The number of carbonyl (C=O) groups excluding carboxylic acids is 1. The Hall–Kier alpha value is -3.26. The Morgan fingerprint density at radius 3 is 2.43 bits per heavy atom. The molecule has 0 bridgehead atoms. The van der Waals surface area contributed by atoms with Gasteiger partial charge in [-0.2, -0.15) is 0 Å². The Balaban J connectivity index is 1.71. The molecule has 1 aromatic carbocycles. The predicted molar refractivity (Wildman–Crippen MR) is 108 cm³/mol. The van der Waals surface area contributed by atoms with Crippen LogP contribution in [0.25, 0.3) is 17.5 Å². The molecule has 0 aliphatic carbocycles. The van der Waals surface area contributed by atoms with Gasteiger partial charge >= 0.3 is 0 Å². The molecule has 0 aliphatic rings. The van der Waals surface area contributed by atoms with Crippen molar-refractivity contribution < 1.29 is 23.4 Å². The van der Waals surface area contributed by atoms with Crippen molar-refractivity contribution in [2.75, 3.05) is 26.6 Å². The number of furan rings is 1. The summed E-state index contributed by atoms with van der Waals surface area (Å²) < 4.78 is 21.5. The first-order valence-corrected chi connectivity index (χ1v) is 9.23. The fourth-order valence-corrected chi connectivity index (χ4v) is 3.24. The number of thiazole rings is 1. The van der Waals surface area contributed by atoms with Crippen molar-refractivity contribution in [1.29, 1.82) is 0 Å². The summed E-state index contributed by atoms with van der Waals surface area (Å²) in [7, 11) is 4.62. The molecule has 1 amide bonds. The smallest absolute Gasteiger partial charge is 0.250 e. The van der Waals surface area contributed by atoms with Gasteiger partial charge in [0.15, 0.2) is 22.4 Å². The summed E-state index contributed by atoms with van der Waals surface area (Å²) >= 11 is 1.33. The highest BCUT2D eigenvalue weighted by Gasteiger charge is 2.13. The number of amides is 1. The lowest BCUT2D eigenvalue weighted by Gasteiger charge is -2.12. The van der Waals surface area contributed by atoms with Crippen LogP contribution in [0.4, 0.5) is 5.13 Å². The summed E-state index contributed by atoms with van der Waals surface area (Å²) in [5.74, 6) is 2.70. The van der Waals surface area contributed by atoms with E-state index >= 15 is 0 Å². The first kappa shape index (κ1) is 19.5. The highest BCUT2D eigenvalue weighted by molar-refractivity contribution is 7.14. The molecule has 8 heteroatoms. The van der Waals surface area contributed by atoms with Crippen LogP contribution in [-0.2, 0) is 4.79 Å². The van der Waals surface area contributed by atoms with Gasteiger partial charge in [0, 0.05) is 11.5 Å². The second-order valence-corrected chi connectivity index (χ2v) is 6.59. The lowest BCUT2D eigenvalue weighted by molar-refractivity contribution is -0.111. The van der Waals surface area contributed by atoms with Crippen LogP contribution < -0.4 is 19.5 Å². The number of rotatable bonds is 7. The molecule has 0 unspecified atom stereocenters. The molecule has 28 heavy (non-hydrogen) atoms. The average Bonchev–Trinajstić information content (AvgIpc) is 3.34. The number of nitrogens with zero attached hydrogens (tertiary/aromatic N) is 1. The number of carbonyl (C=O) groups is 1. The van der Waals surface area contributed by atoms with Crippen LogP contribution in [0.3, 0.4) is 0 Å². The van der Waals surface area contributed by atoms with Crippen molar-refractivity contribution in [3.05, 3.63) is 47.0 Å². The highest BCUT2D eigenvalue weighted by atomic mass is 32.1. The third-order valence-electron chi connectivity index (χ3n) is 3.84. The zero-order chi connectivity index (χ0) is 20.1. The van der Waals surface area contributed by atoms with E-state index in [2.05, 4.69) is 10.3 Å². The van der Waals surface area contributed by atoms with Crippen molar-refractivity contribution in [1.82, 2.24) is 4.98 Å². The maximum Gasteiger partial charge on any atom is 0.250 e. The summed E-state index contributed by atoms with van der Waals surface area (Å²) in [5, 5.41) is 5.06. The molecular weight excluding hydrogens is 380 g/mol. The monoisotopic (exact) mass is 400 g/mol. The quantitative estimate of drug-likeness (QED) is 0.592. The van der Waals surface area contributed by atoms with Crippen LogP contribution in [0.15, 0.2) is 40.1 Å². The van der Waals surface area contributed by atoms with Gasteiger partial charge < -0.3 is 18.6 Å². The summed E-state index contributed by atoms with van der Waals surface area (Å²) in [6.45, 7) is 1.87. The van der Waals surface area contributed by atoms with Crippen molar-refractivity contribution in [2.24, 2.45) is 0 Å². The molecule has 1 N–H and O–H groups in total. The average molecular weight is 400 g/mol. The van der Waals surface area contributed by atoms with Gasteiger partial charge in [0.2, 0.25) is 11.7 Å². The molecule has 7 nitrogen and oxygen atoms in total. The van der Waals surface area contributed by atoms with E-state index in [0.717, 1.165) is 11.3 Å². The Morgan fingerprint density at radius 1 is 1.14 bits per heavy atom. The lowest BCUT2D eigenvalue weighted by Crippen LogP contribution is -2.07. The topological polar surface area (TPSA) is 82.8 Å². The standard InChI is InChI=1S/C20H20N2O5S/c1-12-5-7-15(27-12)14-11-28-20(21-14)22-18(23)8-6-13-9-16(24-2)19(26-4)17(10-13)25-3/h5-11H,1-4H3,(H,21,22,23)/b8-6+. The minimum absolute atomic E-state index is 0.301. The molecule has 2 heterocycles. The fourth-order valence-electron chi connectivity index (χ4n) is 2.53. The van der Waals surface area contributed by atoms with Gasteiger partial charge in [-0.3, -0.25) is 10.1 Å². The molecule has 0 aliphatic heterocycles. The Kier molecular flexibility index (Phi) is 6.00. The molecule has 0 radical (unpaired) electrons. The zero-order valence-corrected chi connectivity index (χ0v) is 16.8. The van der Waals surface area contributed by atoms with E-state index in [4.69, 9.17) is 18.6 Å². The molecule has 146 valence electrons. The molecule has 0 saturated heterocycles. The predicted octanol–water partition coefficient (Wildman–Crippen LogP) is 4.39. The highest BCUT2D eigenvalue weighted by Crippen LogP contribution is 2.38. The molecule has 2 aromatic heterocycles. The zero-order valence-electron chi connectivity index (χ0n) is 15.9. The van der Waals surface area contributed by atoms with Crippen LogP contribution >= 0.6 is 11.3 Å². The fraction of sp³-hybridized carbons (Fsp3) is 0.200. The van der Waals surface area contributed by atoms with Crippen LogP contribution in [0, 0.1) is 6.92 Å². The number of hydrogen-bond donors (Lipinski definition) is 1. The van der Waals surface area contributed by atoms with Gasteiger partial charge in [-0.1, -0.05) is 0 Å². The van der Waals surface area contributed by atoms with Crippen molar-refractivity contribution in [2.45, 2.75) is 6.92 Å². The number of aryl methyl sites for hydroxylation is 1. The van der Waals surface area contributed by atoms with Gasteiger partial charge in [-0.05, 0) is 42.8 Å². The Labute approximate surface area is 166 Å². The first-order valence-electron chi connectivity index (χ1n) is 8.35. The van der Waals surface area contributed by atoms with Crippen LogP contribution in [-0.4, -0.2) is 32.2 Å². The van der Waals surface area contributed by atoms with E-state index in [9.17, 15) is 4.79 Å². The maximum absolute atomic E-state index is 12.2. The molecular formula is C20H20N2O5S. The molecule has 0 saturated carbocycles.